The van der Waals surface area contributed by atoms with Gasteiger partial charge >= 0.3 is 0 Å². The molecule has 0 saturated heterocycles. The van der Waals surface area contributed by atoms with Gasteiger partial charge in [-0.1, -0.05) is 44.0 Å². The molecule has 1 aromatic heterocycles. The highest BCUT2D eigenvalue weighted by Crippen LogP contribution is 2.34. The summed E-state index contributed by atoms with van der Waals surface area (Å²) in [5.74, 6) is 0.0328. The summed E-state index contributed by atoms with van der Waals surface area (Å²) in [6.07, 6.45) is 0. The zero-order valence-corrected chi connectivity index (χ0v) is 15.0. The lowest BCUT2D eigenvalue weighted by atomic mass is 9.93. The summed E-state index contributed by atoms with van der Waals surface area (Å²) in [5.41, 5.74) is 1.22. The van der Waals surface area contributed by atoms with Crippen LogP contribution in [0, 0.1) is 0 Å². The second kappa shape index (κ2) is 6.44. The van der Waals surface area contributed by atoms with E-state index in [4.69, 9.17) is 27.9 Å². The van der Waals surface area contributed by atoms with Gasteiger partial charge in [-0.25, -0.2) is 4.98 Å². The molecule has 0 aliphatic rings. The number of carbonyl (C=O) groups excluding carboxylic acids is 1. The Hall–Kier alpha value is -1.30. The van der Waals surface area contributed by atoms with Gasteiger partial charge in [-0.2, -0.15) is 0 Å². The molecule has 0 atom stereocenters. The van der Waals surface area contributed by atoms with Gasteiger partial charge in [0.2, 0.25) is 0 Å². The van der Waals surface area contributed by atoms with E-state index in [-0.39, 0.29) is 21.4 Å². The molecule has 118 valence electrons. The van der Waals surface area contributed by atoms with Crippen LogP contribution < -0.4 is 10.1 Å². The van der Waals surface area contributed by atoms with Crippen LogP contribution in [0.2, 0.25) is 10.0 Å². The minimum absolute atomic E-state index is 0.0633. The normalized spacial score (nSPS) is 11.4. The maximum absolute atomic E-state index is 12.3. The second-order valence-corrected chi connectivity index (χ2v) is 7.39. The van der Waals surface area contributed by atoms with Gasteiger partial charge in [-0.15, -0.1) is 11.3 Å². The molecular formula is C15H16Cl2N2O2S. The standard InChI is InChI=1S/C15H16Cl2N2O2S/c1-15(2,3)11-7-22-14(18-11)19-13(20)8-5-9(16)12(21-4)10(17)6-8/h5-7H,1-4H3,(H,18,19,20). The molecule has 0 spiro atoms. The van der Waals surface area contributed by atoms with Crippen LogP contribution in [0.4, 0.5) is 5.13 Å². The lowest BCUT2D eigenvalue weighted by Gasteiger charge is -2.14. The summed E-state index contributed by atoms with van der Waals surface area (Å²) >= 11 is 13.5. The van der Waals surface area contributed by atoms with Crippen LogP contribution in [-0.4, -0.2) is 18.0 Å². The highest BCUT2D eigenvalue weighted by molar-refractivity contribution is 7.14. The lowest BCUT2D eigenvalue weighted by molar-refractivity contribution is 0.102. The van der Waals surface area contributed by atoms with E-state index in [0.717, 1.165) is 5.69 Å². The van der Waals surface area contributed by atoms with E-state index in [0.29, 0.717) is 16.4 Å². The minimum Gasteiger partial charge on any atom is -0.494 e. The number of nitrogens with one attached hydrogen (secondary N) is 1. The summed E-state index contributed by atoms with van der Waals surface area (Å²) in [6, 6.07) is 3.03. The number of anilines is 1. The second-order valence-electron chi connectivity index (χ2n) is 5.72. The third kappa shape index (κ3) is 3.72. The van der Waals surface area contributed by atoms with Gasteiger partial charge in [0.25, 0.3) is 5.91 Å². The number of nitrogens with zero attached hydrogens (tertiary/aromatic N) is 1. The predicted molar refractivity (Wildman–Crippen MR) is 91.8 cm³/mol. The van der Waals surface area contributed by atoms with E-state index in [1.54, 1.807) is 0 Å². The molecule has 0 radical (unpaired) electrons. The van der Waals surface area contributed by atoms with Gasteiger partial charge < -0.3 is 4.74 Å². The number of benzene rings is 1. The Labute approximate surface area is 143 Å². The molecule has 7 heteroatoms. The maximum atomic E-state index is 12.3. The predicted octanol–water partition coefficient (Wildman–Crippen LogP) is 5.01. The summed E-state index contributed by atoms with van der Waals surface area (Å²) in [5, 5.41) is 5.80. The van der Waals surface area contributed by atoms with Crippen molar-refractivity contribution >= 4 is 45.6 Å². The van der Waals surface area contributed by atoms with Crippen molar-refractivity contribution in [2.24, 2.45) is 0 Å². The van der Waals surface area contributed by atoms with Crippen molar-refractivity contribution in [2.45, 2.75) is 26.2 Å². The Kier molecular flexibility index (Phi) is 5.00. The summed E-state index contributed by atoms with van der Waals surface area (Å²) in [4.78, 5) is 16.7. The number of hydrogen-bond donors (Lipinski definition) is 1. The molecule has 2 aromatic rings. The smallest absolute Gasteiger partial charge is 0.257 e. The van der Waals surface area contributed by atoms with Gasteiger partial charge in [0.05, 0.1) is 22.8 Å². The molecule has 1 aromatic carbocycles. The first kappa shape index (κ1) is 17.1. The van der Waals surface area contributed by atoms with Crippen LogP contribution in [0.25, 0.3) is 0 Å². The highest BCUT2D eigenvalue weighted by Gasteiger charge is 2.19. The molecule has 1 N–H and O–H groups in total. The number of halogens is 2. The van der Waals surface area contributed by atoms with E-state index >= 15 is 0 Å². The summed E-state index contributed by atoms with van der Waals surface area (Å²) < 4.78 is 5.06. The maximum Gasteiger partial charge on any atom is 0.257 e. The fourth-order valence-corrected chi connectivity index (χ4v) is 3.30. The van der Waals surface area contributed by atoms with Gasteiger partial charge in [-0.05, 0) is 12.1 Å². The average molecular weight is 359 g/mol. The molecule has 4 nitrogen and oxygen atoms in total. The van der Waals surface area contributed by atoms with Gasteiger partial charge in [0, 0.05) is 16.4 Å². The summed E-state index contributed by atoms with van der Waals surface area (Å²) in [6.45, 7) is 6.20. The third-order valence-corrected chi connectivity index (χ3v) is 4.28. The number of methoxy groups -OCH3 is 1. The molecule has 0 aliphatic heterocycles. The Morgan fingerprint density at radius 2 is 1.86 bits per heavy atom. The van der Waals surface area contributed by atoms with Crippen LogP contribution in [0.1, 0.15) is 36.8 Å². The van der Waals surface area contributed by atoms with Crippen molar-refractivity contribution in [2.75, 3.05) is 12.4 Å². The van der Waals surface area contributed by atoms with Crippen molar-refractivity contribution in [3.63, 3.8) is 0 Å². The van der Waals surface area contributed by atoms with Crippen LogP contribution in [-0.2, 0) is 5.41 Å². The van der Waals surface area contributed by atoms with Crippen molar-refractivity contribution in [1.82, 2.24) is 4.98 Å². The largest absolute Gasteiger partial charge is 0.494 e. The van der Waals surface area contributed by atoms with Crippen molar-refractivity contribution < 1.29 is 9.53 Å². The molecule has 2 rings (SSSR count). The Bertz CT molecular complexity index is 685. The van der Waals surface area contributed by atoms with E-state index in [9.17, 15) is 4.79 Å². The summed E-state index contributed by atoms with van der Waals surface area (Å²) in [7, 11) is 1.47. The first-order valence-corrected chi connectivity index (χ1v) is 8.16. The van der Waals surface area contributed by atoms with Gasteiger partial charge in [0.15, 0.2) is 10.9 Å². The van der Waals surface area contributed by atoms with Gasteiger partial charge in [0.1, 0.15) is 0 Å². The zero-order valence-electron chi connectivity index (χ0n) is 12.7. The fourth-order valence-electron chi connectivity index (χ4n) is 1.73. The average Bonchev–Trinajstić information content (AvgIpc) is 2.86. The lowest BCUT2D eigenvalue weighted by Crippen LogP contribution is -2.14. The molecule has 0 unspecified atom stereocenters. The Morgan fingerprint density at radius 3 is 2.32 bits per heavy atom. The molecule has 1 amide bonds. The van der Waals surface area contributed by atoms with Crippen molar-refractivity contribution in [1.29, 1.82) is 0 Å². The van der Waals surface area contributed by atoms with E-state index in [2.05, 4.69) is 31.1 Å². The fraction of sp³-hybridized carbons (Fsp3) is 0.333. The van der Waals surface area contributed by atoms with Crippen LogP contribution in [0.15, 0.2) is 17.5 Å². The highest BCUT2D eigenvalue weighted by atomic mass is 35.5. The molecule has 0 fully saturated rings. The monoisotopic (exact) mass is 358 g/mol. The van der Waals surface area contributed by atoms with Crippen molar-refractivity contribution in [3.05, 3.63) is 38.8 Å². The molecule has 0 bridgehead atoms. The third-order valence-electron chi connectivity index (χ3n) is 2.96. The molecule has 22 heavy (non-hydrogen) atoms. The molecule has 0 saturated carbocycles. The topological polar surface area (TPSA) is 51.2 Å². The van der Waals surface area contributed by atoms with Crippen LogP contribution in [0.3, 0.4) is 0 Å². The van der Waals surface area contributed by atoms with E-state index in [1.165, 1.54) is 30.6 Å². The quantitative estimate of drug-likeness (QED) is 0.838. The minimum atomic E-state index is -0.318. The SMILES string of the molecule is COc1c(Cl)cc(C(=O)Nc2nc(C(C)(C)C)cs2)cc1Cl. The van der Waals surface area contributed by atoms with E-state index in [1.807, 2.05) is 5.38 Å². The van der Waals surface area contributed by atoms with Crippen LogP contribution >= 0.6 is 34.5 Å². The van der Waals surface area contributed by atoms with Crippen molar-refractivity contribution in [3.8, 4) is 5.75 Å². The van der Waals surface area contributed by atoms with Gasteiger partial charge in [-0.3, -0.25) is 10.1 Å². The number of thiazole rings is 1. The first-order valence-electron chi connectivity index (χ1n) is 6.52. The first-order chi connectivity index (χ1) is 10.2. The molecule has 1 heterocycles. The Balaban J connectivity index is 2.21. The number of ether oxygens (including phenoxy) is 1. The molecule has 0 aliphatic carbocycles. The Morgan fingerprint density at radius 1 is 1.27 bits per heavy atom. The van der Waals surface area contributed by atoms with Crippen LogP contribution in [0.5, 0.6) is 5.75 Å². The van der Waals surface area contributed by atoms with E-state index < -0.39 is 0 Å². The molecular weight excluding hydrogens is 343 g/mol. The number of amides is 1. The number of rotatable bonds is 3. The number of carbonyl (C=O) groups is 1. The number of hydrogen-bond acceptors (Lipinski definition) is 4. The number of aromatic nitrogens is 1. The zero-order chi connectivity index (χ0) is 16.5.